The fourth-order valence-corrected chi connectivity index (χ4v) is 2.48. The summed E-state index contributed by atoms with van der Waals surface area (Å²) >= 11 is 0. The van der Waals surface area contributed by atoms with Crippen LogP contribution in [0.5, 0.6) is 11.5 Å². The molecule has 2 aromatic carbocycles. The molecule has 4 heteroatoms. The van der Waals surface area contributed by atoms with Gasteiger partial charge in [-0.05, 0) is 17.0 Å². The van der Waals surface area contributed by atoms with Gasteiger partial charge in [0.15, 0.2) is 23.1 Å². The summed E-state index contributed by atoms with van der Waals surface area (Å²) in [5, 5.41) is 19.8. The van der Waals surface area contributed by atoms with Crippen LogP contribution in [0.1, 0.15) is 59.0 Å². The summed E-state index contributed by atoms with van der Waals surface area (Å²) in [7, 11) is 0. The van der Waals surface area contributed by atoms with Crippen LogP contribution in [0.2, 0.25) is 0 Å². The first-order valence-corrected chi connectivity index (χ1v) is 7.99. The van der Waals surface area contributed by atoms with E-state index >= 15 is 0 Å². The Labute approximate surface area is 147 Å². The molecule has 0 aliphatic rings. The van der Waals surface area contributed by atoms with Gasteiger partial charge in [-0.25, -0.2) is 0 Å². The smallest absolute Gasteiger partial charge is 0.174 e. The Morgan fingerprint density at radius 2 is 1.56 bits per heavy atom. The van der Waals surface area contributed by atoms with E-state index in [0.29, 0.717) is 11.1 Å². The van der Waals surface area contributed by atoms with E-state index in [0.717, 1.165) is 5.56 Å². The summed E-state index contributed by atoms with van der Waals surface area (Å²) in [4.78, 5) is 24.6. The minimum atomic E-state index is -0.548. The summed E-state index contributed by atoms with van der Waals surface area (Å²) in [5.74, 6) is -1.83. The first-order valence-electron chi connectivity index (χ1n) is 7.99. The summed E-state index contributed by atoms with van der Waals surface area (Å²) < 4.78 is 0. The Kier molecular flexibility index (Phi) is 5.12. The van der Waals surface area contributed by atoms with Crippen molar-refractivity contribution in [3.63, 3.8) is 0 Å². The lowest BCUT2D eigenvalue weighted by Crippen LogP contribution is -2.12. The van der Waals surface area contributed by atoms with Crippen LogP contribution in [0.4, 0.5) is 0 Å². The van der Waals surface area contributed by atoms with Gasteiger partial charge in [-0.15, -0.1) is 0 Å². The second-order valence-corrected chi connectivity index (χ2v) is 6.95. The van der Waals surface area contributed by atoms with Crippen molar-refractivity contribution >= 4 is 17.6 Å². The van der Waals surface area contributed by atoms with Crippen molar-refractivity contribution in [1.82, 2.24) is 0 Å². The van der Waals surface area contributed by atoms with Gasteiger partial charge in [0.05, 0.1) is 12.0 Å². The number of ketones is 2. The average molecular weight is 338 g/mol. The van der Waals surface area contributed by atoms with E-state index in [-0.39, 0.29) is 23.2 Å². The largest absolute Gasteiger partial charge is 0.504 e. The molecule has 0 radical (unpaired) electrons. The van der Waals surface area contributed by atoms with Gasteiger partial charge in [-0.3, -0.25) is 9.59 Å². The van der Waals surface area contributed by atoms with Crippen LogP contribution in [0.25, 0.3) is 6.08 Å². The lowest BCUT2D eigenvalue weighted by Gasteiger charge is -2.18. The lowest BCUT2D eigenvalue weighted by molar-refractivity contribution is 0.0892. The molecule has 0 unspecified atom stereocenters. The zero-order chi connectivity index (χ0) is 18.8. The predicted octanol–water partition coefficient (Wildman–Crippen LogP) is 4.49. The third-order valence-corrected chi connectivity index (χ3v) is 4.10. The Bertz CT molecular complexity index is 824. The SMILES string of the molecule is C=Cc1ccc(C(=O)CC(=O)c2ccc(C(C)(C)C)cc2)c(O)c1O. The molecule has 0 aliphatic carbocycles. The molecule has 0 spiro atoms. The molecule has 0 amide bonds. The molecule has 2 rings (SSSR count). The van der Waals surface area contributed by atoms with E-state index in [1.807, 2.05) is 12.1 Å². The van der Waals surface area contributed by atoms with Gasteiger partial charge >= 0.3 is 0 Å². The number of Topliss-reactive ketones (excluding diaryl/α,β-unsaturated/α-hetero) is 2. The number of benzene rings is 2. The van der Waals surface area contributed by atoms with Crippen LogP contribution in [0.3, 0.4) is 0 Å². The van der Waals surface area contributed by atoms with Gasteiger partial charge in [-0.1, -0.05) is 63.8 Å². The number of rotatable bonds is 5. The first-order chi connectivity index (χ1) is 11.6. The maximum atomic E-state index is 12.3. The molecule has 25 heavy (non-hydrogen) atoms. The quantitative estimate of drug-likeness (QED) is 0.478. The van der Waals surface area contributed by atoms with Crippen LogP contribution < -0.4 is 0 Å². The zero-order valence-electron chi connectivity index (χ0n) is 14.7. The van der Waals surface area contributed by atoms with E-state index in [1.165, 1.54) is 18.2 Å². The topological polar surface area (TPSA) is 74.6 Å². The second kappa shape index (κ2) is 6.93. The Hall–Kier alpha value is -2.88. The minimum Gasteiger partial charge on any atom is -0.504 e. The average Bonchev–Trinajstić information content (AvgIpc) is 2.56. The van der Waals surface area contributed by atoms with Crippen LogP contribution in [0.15, 0.2) is 43.0 Å². The second-order valence-electron chi connectivity index (χ2n) is 6.95. The van der Waals surface area contributed by atoms with Crippen LogP contribution in [-0.4, -0.2) is 21.8 Å². The van der Waals surface area contributed by atoms with E-state index in [4.69, 9.17) is 0 Å². The number of phenols is 2. The van der Waals surface area contributed by atoms with Gasteiger partial charge in [0, 0.05) is 11.1 Å². The van der Waals surface area contributed by atoms with E-state index in [2.05, 4.69) is 27.4 Å². The number of hydrogen-bond donors (Lipinski definition) is 2. The van der Waals surface area contributed by atoms with Crippen molar-refractivity contribution in [2.24, 2.45) is 0 Å². The molecular formula is C21H22O4. The molecule has 0 saturated carbocycles. The van der Waals surface area contributed by atoms with Crippen molar-refractivity contribution < 1.29 is 19.8 Å². The molecule has 0 bridgehead atoms. The summed E-state index contributed by atoms with van der Waals surface area (Å²) in [6, 6.07) is 10.0. The molecule has 0 fully saturated rings. The van der Waals surface area contributed by atoms with Gasteiger partial charge in [0.25, 0.3) is 0 Å². The maximum Gasteiger partial charge on any atom is 0.174 e. The monoisotopic (exact) mass is 338 g/mol. The van der Waals surface area contributed by atoms with Crippen molar-refractivity contribution in [1.29, 1.82) is 0 Å². The first kappa shape index (κ1) is 18.5. The van der Waals surface area contributed by atoms with Gasteiger partial charge in [-0.2, -0.15) is 0 Å². The molecule has 0 aromatic heterocycles. The van der Waals surface area contributed by atoms with Crippen molar-refractivity contribution in [2.45, 2.75) is 32.6 Å². The van der Waals surface area contributed by atoms with Gasteiger partial charge in [0.2, 0.25) is 0 Å². The minimum absolute atomic E-state index is 0.0202. The molecule has 0 aliphatic heterocycles. The summed E-state index contributed by atoms with van der Waals surface area (Å²) in [6.07, 6.45) is 0.987. The number of hydrogen-bond acceptors (Lipinski definition) is 4. The highest BCUT2D eigenvalue weighted by Crippen LogP contribution is 2.34. The van der Waals surface area contributed by atoms with Crippen LogP contribution >= 0.6 is 0 Å². The molecule has 2 N–H and O–H groups in total. The Balaban J connectivity index is 2.19. The lowest BCUT2D eigenvalue weighted by atomic mass is 9.86. The standard InChI is InChI=1S/C21H22O4/c1-5-13-8-11-16(20(25)19(13)24)18(23)12-17(22)14-6-9-15(10-7-14)21(2,3)4/h5-11,24-25H,1,12H2,2-4H3. The third kappa shape index (κ3) is 3.97. The highest BCUT2D eigenvalue weighted by atomic mass is 16.3. The number of aromatic hydroxyl groups is 2. The van der Waals surface area contributed by atoms with E-state index < -0.39 is 17.3 Å². The van der Waals surface area contributed by atoms with Crippen molar-refractivity contribution in [2.75, 3.05) is 0 Å². The maximum absolute atomic E-state index is 12.3. The number of phenolic OH excluding ortho intramolecular Hbond substituents is 2. The van der Waals surface area contributed by atoms with Gasteiger partial charge < -0.3 is 10.2 Å². The summed E-state index contributed by atoms with van der Waals surface area (Å²) in [5.41, 5.74) is 1.75. The van der Waals surface area contributed by atoms with E-state index in [1.54, 1.807) is 12.1 Å². The van der Waals surface area contributed by atoms with Crippen molar-refractivity contribution in [3.8, 4) is 11.5 Å². The molecule has 4 nitrogen and oxygen atoms in total. The molecular weight excluding hydrogens is 316 g/mol. The highest BCUT2D eigenvalue weighted by Gasteiger charge is 2.20. The fourth-order valence-electron chi connectivity index (χ4n) is 2.48. The number of carbonyl (C=O) groups excluding carboxylic acids is 2. The molecule has 130 valence electrons. The number of carbonyl (C=O) groups is 2. The third-order valence-electron chi connectivity index (χ3n) is 4.10. The van der Waals surface area contributed by atoms with E-state index in [9.17, 15) is 19.8 Å². The predicted molar refractivity (Wildman–Crippen MR) is 98.3 cm³/mol. The summed E-state index contributed by atoms with van der Waals surface area (Å²) in [6.45, 7) is 9.75. The Morgan fingerprint density at radius 3 is 2.08 bits per heavy atom. The van der Waals surface area contributed by atoms with Gasteiger partial charge in [0.1, 0.15) is 0 Å². The molecule has 0 saturated heterocycles. The normalized spacial score (nSPS) is 11.2. The van der Waals surface area contributed by atoms with Crippen LogP contribution in [-0.2, 0) is 5.41 Å². The molecule has 0 heterocycles. The van der Waals surface area contributed by atoms with Crippen molar-refractivity contribution in [3.05, 3.63) is 65.2 Å². The zero-order valence-corrected chi connectivity index (χ0v) is 14.7. The molecule has 0 atom stereocenters. The highest BCUT2D eigenvalue weighted by molar-refractivity contribution is 6.14. The fraction of sp³-hybridized carbons (Fsp3) is 0.238. The van der Waals surface area contributed by atoms with Crippen LogP contribution in [0, 0.1) is 0 Å². The Morgan fingerprint density at radius 1 is 0.960 bits per heavy atom. The molecule has 2 aromatic rings.